The summed E-state index contributed by atoms with van der Waals surface area (Å²) in [4.78, 5) is 12.4. The van der Waals surface area contributed by atoms with Crippen LogP contribution in [0, 0.1) is 11.3 Å². The number of amides is 1. The van der Waals surface area contributed by atoms with Crippen molar-refractivity contribution in [3.8, 4) is 0 Å². The summed E-state index contributed by atoms with van der Waals surface area (Å²) in [5, 5.41) is 15.4. The fraction of sp³-hybridized carbons (Fsp3) is 0.929. The Morgan fingerprint density at radius 2 is 2.28 bits per heavy atom. The fourth-order valence-corrected chi connectivity index (χ4v) is 2.68. The van der Waals surface area contributed by atoms with Crippen LogP contribution in [0.25, 0.3) is 0 Å². The zero-order valence-electron chi connectivity index (χ0n) is 11.8. The molecule has 0 aromatic heterocycles. The highest BCUT2D eigenvalue weighted by Crippen LogP contribution is 2.30. The first-order valence-electron chi connectivity index (χ1n) is 7.28. The molecule has 0 aromatic rings. The predicted molar refractivity (Wildman–Crippen MR) is 73.3 cm³/mol. The molecule has 1 fully saturated rings. The summed E-state index contributed by atoms with van der Waals surface area (Å²) in [6.07, 6.45) is 4.73. The van der Waals surface area contributed by atoms with Gasteiger partial charge in [-0.3, -0.25) is 4.79 Å². The van der Waals surface area contributed by atoms with Crippen molar-refractivity contribution in [3.05, 3.63) is 0 Å². The Balaban J connectivity index is 2.46. The van der Waals surface area contributed by atoms with Gasteiger partial charge in [0.2, 0.25) is 5.91 Å². The van der Waals surface area contributed by atoms with Gasteiger partial charge in [0.15, 0.2) is 0 Å². The van der Waals surface area contributed by atoms with E-state index in [2.05, 4.69) is 24.5 Å². The van der Waals surface area contributed by atoms with Crippen LogP contribution in [0.2, 0.25) is 0 Å². The molecule has 1 amide bonds. The molecular formula is C14H28N2O2. The van der Waals surface area contributed by atoms with Crippen molar-refractivity contribution >= 4 is 5.91 Å². The van der Waals surface area contributed by atoms with Gasteiger partial charge in [0, 0.05) is 19.7 Å². The summed E-state index contributed by atoms with van der Waals surface area (Å²) in [5.74, 6) is 0.581. The molecular weight excluding hydrogens is 228 g/mol. The molecule has 0 aromatic carbocycles. The van der Waals surface area contributed by atoms with Crippen molar-refractivity contribution < 1.29 is 9.90 Å². The van der Waals surface area contributed by atoms with Crippen LogP contribution in [0.4, 0.5) is 0 Å². The minimum atomic E-state index is -0.213. The molecule has 2 atom stereocenters. The van der Waals surface area contributed by atoms with Gasteiger partial charge in [-0.2, -0.15) is 0 Å². The van der Waals surface area contributed by atoms with Crippen LogP contribution >= 0.6 is 0 Å². The summed E-state index contributed by atoms with van der Waals surface area (Å²) in [7, 11) is 0. The number of carbonyl (C=O) groups is 1. The maximum Gasteiger partial charge on any atom is 0.227 e. The van der Waals surface area contributed by atoms with Crippen LogP contribution in [0.5, 0.6) is 0 Å². The maximum absolute atomic E-state index is 12.4. The molecule has 1 heterocycles. The van der Waals surface area contributed by atoms with Crippen molar-refractivity contribution in [2.24, 2.45) is 11.3 Å². The van der Waals surface area contributed by atoms with Crippen molar-refractivity contribution in [3.63, 3.8) is 0 Å². The van der Waals surface area contributed by atoms with Gasteiger partial charge in [-0.1, -0.05) is 20.3 Å². The Morgan fingerprint density at radius 1 is 1.50 bits per heavy atom. The number of hydrogen-bond donors (Lipinski definition) is 3. The van der Waals surface area contributed by atoms with Crippen LogP contribution in [-0.4, -0.2) is 37.3 Å². The lowest BCUT2D eigenvalue weighted by atomic mass is 9.77. The van der Waals surface area contributed by atoms with Gasteiger partial charge in [-0.05, 0) is 38.1 Å². The highest BCUT2D eigenvalue weighted by molar-refractivity contribution is 5.83. The number of carbonyl (C=O) groups excluding carboxylic acids is 1. The highest BCUT2D eigenvalue weighted by Gasteiger charge is 2.37. The molecule has 0 saturated carbocycles. The van der Waals surface area contributed by atoms with E-state index in [1.807, 2.05) is 0 Å². The van der Waals surface area contributed by atoms with E-state index in [0.717, 1.165) is 45.2 Å². The average Bonchev–Trinajstić information content (AvgIpc) is 2.43. The Hall–Kier alpha value is -0.610. The number of aliphatic hydroxyl groups excluding tert-OH is 1. The molecule has 106 valence electrons. The quantitative estimate of drug-likeness (QED) is 0.643. The van der Waals surface area contributed by atoms with E-state index in [0.29, 0.717) is 12.5 Å². The number of piperidine rings is 1. The first kappa shape index (κ1) is 15.4. The zero-order chi connectivity index (χ0) is 13.4. The second-order valence-electron chi connectivity index (χ2n) is 5.41. The molecule has 0 aliphatic carbocycles. The van der Waals surface area contributed by atoms with Crippen molar-refractivity contribution in [1.29, 1.82) is 0 Å². The van der Waals surface area contributed by atoms with Crippen LogP contribution in [0.3, 0.4) is 0 Å². The van der Waals surface area contributed by atoms with Crippen LogP contribution in [0.15, 0.2) is 0 Å². The van der Waals surface area contributed by atoms with E-state index in [1.165, 1.54) is 0 Å². The molecule has 18 heavy (non-hydrogen) atoms. The second-order valence-corrected chi connectivity index (χ2v) is 5.41. The topological polar surface area (TPSA) is 61.4 Å². The van der Waals surface area contributed by atoms with E-state index in [-0.39, 0.29) is 17.9 Å². The lowest BCUT2D eigenvalue weighted by molar-refractivity contribution is -0.132. The van der Waals surface area contributed by atoms with Gasteiger partial charge in [0.1, 0.15) is 0 Å². The maximum atomic E-state index is 12.4. The van der Waals surface area contributed by atoms with Gasteiger partial charge < -0.3 is 15.7 Å². The first-order chi connectivity index (χ1) is 8.68. The first-order valence-corrected chi connectivity index (χ1v) is 7.28. The predicted octanol–water partition coefficient (Wildman–Crippen LogP) is 1.29. The van der Waals surface area contributed by atoms with E-state index in [4.69, 9.17) is 5.11 Å². The highest BCUT2D eigenvalue weighted by atomic mass is 16.3. The molecule has 1 aliphatic heterocycles. The lowest BCUT2D eigenvalue weighted by Crippen LogP contribution is -2.51. The Kier molecular flexibility index (Phi) is 6.65. The van der Waals surface area contributed by atoms with Crippen LogP contribution < -0.4 is 10.6 Å². The van der Waals surface area contributed by atoms with E-state index in [9.17, 15) is 4.79 Å². The minimum Gasteiger partial charge on any atom is -0.396 e. The van der Waals surface area contributed by atoms with Crippen LogP contribution in [0.1, 0.15) is 46.0 Å². The SMILES string of the molecule is CCC(CCO)CNC(=O)C1(CC)CCCNC1. The molecule has 4 heteroatoms. The molecule has 1 rings (SSSR count). The van der Waals surface area contributed by atoms with Crippen molar-refractivity contribution in [1.82, 2.24) is 10.6 Å². The fourth-order valence-electron chi connectivity index (χ4n) is 2.68. The third-order valence-corrected chi connectivity index (χ3v) is 4.30. The molecule has 0 spiro atoms. The second kappa shape index (κ2) is 7.74. The summed E-state index contributed by atoms with van der Waals surface area (Å²) in [5.41, 5.74) is -0.213. The molecule has 0 bridgehead atoms. The third kappa shape index (κ3) is 3.95. The van der Waals surface area contributed by atoms with E-state index in [1.54, 1.807) is 0 Å². The summed E-state index contributed by atoms with van der Waals surface area (Å²) < 4.78 is 0. The van der Waals surface area contributed by atoms with Gasteiger partial charge in [0.05, 0.1) is 5.41 Å². The summed E-state index contributed by atoms with van der Waals surface area (Å²) in [6, 6.07) is 0. The minimum absolute atomic E-state index is 0.189. The molecule has 1 aliphatic rings. The molecule has 2 unspecified atom stereocenters. The number of nitrogens with one attached hydrogen (secondary N) is 2. The summed E-state index contributed by atoms with van der Waals surface area (Å²) in [6.45, 7) is 6.91. The molecule has 4 nitrogen and oxygen atoms in total. The monoisotopic (exact) mass is 256 g/mol. The normalized spacial score (nSPS) is 25.7. The van der Waals surface area contributed by atoms with Gasteiger partial charge in [-0.25, -0.2) is 0 Å². The molecule has 0 radical (unpaired) electrons. The van der Waals surface area contributed by atoms with Crippen molar-refractivity contribution in [2.45, 2.75) is 46.0 Å². The Bertz CT molecular complexity index is 250. The summed E-state index contributed by atoms with van der Waals surface area (Å²) >= 11 is 0. The largest absolute Gasteiger partial charge is 0.396 e. The number of rotatable bonds is 7. The van der Waals surface area contributed by atoms with Gasteiger partial charge in [0.25, 0.3) is 0 Å². The molecule has 1 saturated heterocycles. The number of hydrogen-bond acceptors (Lipinski definition) is 3. The number of aliphatic hydroxyl groups is 1. The van der Waals surface area contributed by atoms with Crippen molar-refractivity contribution in [2.75, 3.05) is 26.2 Å². The van der Waals surface area contributed by atoms with E-state index >= 15 is 0 Å². The standard InChI is InChI=1S/C14H28N2O2/c1-3-12(6-9-17)10-16-13(18)14(4-2)7-5-8-15-11-14/h12,15,17H,3-11H2,1-2H3,(H,16,18). The van der Waals surface area contributed by atoms with Crippen LogP contribution in [-0.2, 0) is 4.79 Å². The lowest BCUT2D eigenvalue weighted by Gasteiger charge is -2.35. The average molecular weight is 256 g/mol. The zero-order valence-corrected chi connectivity index (χ0v) is 11.8. The Labute approximate surface area is 111 Å². The third-order valence-electron chi connectivity index (χ3n) is 4.30. The Morgan fingerprint density at radius 3 is 2.78 bits per heavy atom. The van der Waals surface area contributed by atoms with Gasteiger partial charge >= 0.3 is 0 Å². The van der Waals surface area contributed by atoms with E-state index < -0.39 is 0 Å². The smallest absolute Gasteiger partial charge is 0.227 e. The van der Waals surface area contributed by atoms with Gasteiger partial charge in [-0.15, -0.1) is 0 Å². The molecule has 3 N–H and O–H groups in total.